The van der Waals surface area contributed by atoms with Crippen LogP contribution in [0.1, 0.15) is 37.8 Å². The van der Waals surface area contributed by atoms with E-state index in [4.69, 9.17) is 9.47 Å². The highest BCUT2D eigenvalue weighted by molar-refractivity contribution is 5.69. The van der Waals surface area contributed by atoms with Crippen molar-refractivity contribution < 1.29 is 14.4 Å². The maximum atomic E-state index is 11.3. The first-order valence-corrected chi connectivity index (χ1v) is 8.44. The molecule has 1 aliphatic heterocycles. The zero-order chi connectivity index (χ0) is 17.6. The van der Waals surface area contributed by atoms with Crippen molar-refractivity contribution in [2.75, 3.05) is 5.32 Å². The van der Waals surface area contributed by atoms with Crippen LogP contribution in [-0.4, -0.2) is 20.5 Å². The molecule has 2 heterocycles. The van der Waals surface area contributed by atoms with E-state index in [9.17, 15) is 10.1 Å². The van der Waals surface area contributed by atoms with Crippen LogP contribution in [0, 0.1) is 17.0 Å². The van der Waals surface area contributed by atoms with E-state index in [1.807, 2.05) is 18.2 Å². The summed E-state index contributed by atoms with van der Waals surface area (Å²) in [4.78, 5) is 10.9. The Bertz CT molecular complexity index is 839. The van der Waals surface area contributed by atoms with Gasteiger partial charge in [0.2, 0.25) is 5.82 Å². The van der Waals surface area contributed by atoms with Gasteiger partial charge in [0.15, 0.2) is 11.5 Å². The zero-order valence-corrected chi connectivity index (χ0v) is 14.2. The minimum atomic E-state index is -0.533. The molecular weight excluding hydrogens is 324 g/mol. The molecule has 8 nitrogen and oxygen atoms in total. The van der Waals surface area contributed by atoms with Crippen molar-refractivity contribution in [2.45, 2.75) is 44.8 Å². The molecule has 0 unspecified atom stereocenters. The highest BCUT2D eigenvalue weighted by Gasteiger charge is 2.42. The average molecular weight is 344 g/mol. The molecule has 1 fully saturated rings. The van der Waals surface area contributed by atoms with Gasteiger partial charge in [0.25, 0.3) is 5.79 Å². The Labute approximate surface area is 144 Å². The topological polar surface area (TPSA) is 91.5 Å². The summed E-state index contributed by atoms with van der Waals surface area (Å²) in [5, 5.41) is 18.5. The molecule has 1 spiro atoms. The highest BCUT2D eigenvalue weighted by Crippen LogP contribution is 2.46. The van der Waals surface area contributed by atoms with Crippen LogP contribution >= 0.6 is 0 Å². The molecule has 1 saturated carbocycles. The minimum absolute atomic E-state index is 0.0242. The normalized spacial score (nSPS) is 17.7. The second-order valence-electron chi connectivity index (χ2n) is 6.63. The summed E-state index contributed by atoms with van der Waals surface area (Å²) in [6.45, 7) is 1.62. The number of anilines is 2. The number of ether oxygens (including phenoxy) is 2. The first-order chi connectivity index (χ1) is 12.0. The van der Waals surface area contributed by atoms with Crippen molar-refractivity contribution in [3.05, 3.63) is 34.0 Å². The fourth-order valence-corrected chi connectivity index (χ4v) is 3.61. The number of aromatic nitrogens is 2. The molecule has 1 N–H and O–H groups in total. The maximum absolute atomic E-state index is 11.3. The smallest absolute Gasteiger partial charge is 0.334 e. The molecule has 2 aromatic rings. The lowest BCUT2D eigenvalue weighted by Crippen LogP contribution is -2.40. The van der Waals surface area contributed by atoms with Crippen molar-refractivity contribution in [3.8, 4) is 11.5 Å². The van der Waals surface area contributed by atoms with E-state index in [1.165, 1.54) is 11.1 Å². The van der Waals surface area contributed by atoms with Gasteiger partial charge in [-0.2, -0.15) is 5.10 Å². The molecule has 0 atom stereocenters. The second-order valence-corrected chi connectivity index (χ2v) is 6.63. The number of benzene rings is 1. The maximum Gasteiger partial charge on any atom is 0.334 e. The minimum Gasteiger partial charge on any atom is -0.448 e. The lowest BCUT2D eigenvalue weighted by Gasteiger charge is -2.31. The fraction of sp³-hybridized carbons (Fsp3) is 0.471. The van der Waals surface area contributed by atoms with Crippen LogP contribution in [0.25, 0.3) is 0 Å². The standard InChI is InChI=1S/C17H20N4O4/c1-11-15(21(22)23)16(20(2)19-11)18-12-6-7-13-14(10-12)25-17(24-13)8-4-3-5-9-17/h6-7,10,18H,3-5,8-9H2,1-2H3. The van der Waals surface area contributed by atoms with E-state index in [1.54, 1.807) is 14.0 Å². The molecule has 0 saturated heterocycles. The first kappa shape index (κ1) is 15.7. The molecule has 8 heteroatoms. The van der Waals surface area contributed by atoms with Gasteiger partial charge >= 0.3 is 5.69 Å². The van der Waals surface area contributed by atoms with Crippen molar-refractivity contribution >= 4 is 17.2 Å². The SMILES string of the molecule is Cc1nn(C)c(Nc2ccc3c(c2)OC2(CCCCC2)O3)c1[N+](=O)[O-]. The molecule has 1 aromatic carbocycles. The highest BCUT2D eigenvalue weighted by atomic mass is 16.7. The molecule has 0 bridgehead atoms. The number of aryl methyl sites for hydroxylation is 2. The predicted octanol–water partition coefficient (Wildman–Crippen LogP) is 3.81. The van der Waals surface area contributed by atoms with Gasteiger partial charge < -0.3 is 14.8 Å². The van der Waals surface area contributed by atoms with Gasteiger partial charge in [-0.05, 0) is 31.9 Å². The molecule has 132 valence electrons. The molecular formula is C17H20N4O4. The van der Waals surface area contributed by atoms with Crippen LogP contribution in [-0.2, 0) is 7.05 Å². The lowest BCUT2D eigenvalue weighted by molar-refractivity contribution is -0.384. The quantitative estimate of drug-likeness (QED) is 0.672. The summed E-state index contributed by atoms with van der Waals surface area (Å²) in [5.74, 6) is 1.21. The van der Waals surface area contributed by atoms with Crippen molar-refractivity contribution in [1.82, 2.24) is 9.78 Å². The average Bonchev–Trinajstić information content (AvgIpc) is 3.04. The van der Waals surface area contributed by atoms with Gasteiger partial charge in [-0.1, -0.05) is 6.42 Å². The van der Waals surface area contributed by atoms with E-state index in [0.717, 1.165) is 31.4 Å². The second kappa shape index (κ2) is 5.65. The Morgan fingerprint density at radius 2 is 1.96 bits per heavy atom. The summed E-state index contributed by atoms with van der Waals surface area (Å²) in [6, 6.07) is 5.50. The van der Waals surface area contributed by atoms with Crippen molar-refractivity contribution in [2.24, 2.45) is 7.05 Å². The van der Waals surface area contributed by atoms with Crippen LogP contribution in [0.3, 0.4) is 0 Å². The third kappa shape index (κ3) is 2.67. The number of hydrogen-bond acceptors (Lipinski definition) is 6. The van der Waals surface area contributed by atoms with Crippen molar-refractivity contribution in [1.29, 1.82) is 0 Å². The van der Waals surface area contributed by atoms with Gasteiger partial charge in [-0.15, -0.1) is 0 Å². The Kier molecular flexibility index (Phi) is 3.55. The van der Waals surface area contributed by atoms with Gasteiger partial charge in [0.1, 0.15) is 5.69 Å². The van der Waals surface area contributed by atoms with Crippen LogP contribution < -0.4 is 14.8 Å². The lowest BCUT2D eigenvalue weighted by atomic mass is 9.94. The number of hydrogen-bond donors (Lipinski definition) is 1. The van der Waals surface area contributed by atoms with Crippen LogP contribution in [0.4, 0.5) is 17.2 Å². The first-order valence-electron chi connectivity index (χ1n) is 8.44. The van der Waals surface area contributed by atoms with Gasteiger partial charge in [0.05, 0.1) is 4.92 Å². The summed E-state index contributed by atoms with van der Waals surface area (Å²) < 4.78 is 13.6. The van der Waals surface area contributed by atoms with E-state index < -0.39 is 10.7 Å². The molecule has 4 rings (SSSR count). The third-order valence-electron chi connectivity index (χ3n) is 4.79. The van der Waals surface area contributed by atoms with E-state index in [2.05, 4.69) is 10.4 Å². The molecule has 25 heavy (non-hydrogen) atoms. The molecule has 0 amide bonds. The van der Waals surface area contributed by atoms with Crippen LogP contribution in [0.2, 0.25) is 0 Å². The summed E-state index contributed by atoms with van der Waals surface area (Å²) in [5.41, 5.74) is 1.04. The van der Waals surface area contributed by atoms with E-state index >= 15 is 0 Å². The number of rotatable bonds is 3. The monoisotopic (exact) mass is 344 g/mol. The summed E-state index contributed by atoms with van der Waals surface area (Å²) >= 11 is 0. The van der Waals surface area contributed by atoms with Gasteiger partial charge in [-0.3, -0.25) is 10.1 Å². The molecule has 0 radical (unpaired) electrons. The molecule has 2 aliphatic rings. The Morgan fingerprint density at radius 1 is 1.24 bits per heavy atom. The number of nitro groups is 1. The summed E-state index contributed by atoms with van der Waals surface area (Å²) in [6.07, 6.45) is 5.17. The Balaban J connectivity index is 1.61. The van der Waals surface area contributed by atoms with Crippen LogP contribution in [0.5, 0.6) is 11.5 Å². The summed E-state index contributed by atoms with van der Waals surface area (Å²) in [7, 11) is 1.67. The van der Waals surface area contributed by atoms with Crippen molar-refractivity contribution in [3.63, 3.8) is 0 Å². The number of fused-ring (bicyclic) bond motifs is 1. The third-order valence-corrected chi connectivity index (χ3v) is 4.79. The van der Waals surface area contributed by atoms with Gasteiger partial charge in [0, 0.05) is 31.6 Å². The molecule has 1 aliphatic carbocycles. The molecule has 1 aromatic heterocycles. The van der Waals surface area contributed by atoms with E-state index in [-0.39, 0.29) is 5.69 Å². The number of nitrogens with one attached hydrogen (secondary N) is 1. The zero-order valence-electron chi connectivity index (χ0n) is 14.2. The van der Waals surface area contributed by atoms with Gasteiger partial charge in [-0.25, -0.2) is 4.68 Å². The fourth-order valence-electron chi connectivity index (χ4n) is 3.61. The Hall–Kier alpha value is -2.77. The predicted molar refractivity (Wildman–Crippen MR) is 91.4 cm³/mol. The van der Waals surface area contributed by atoms with E-state index in [0.29, 0.717) is 22.9 Å². The Morgan fingerprint density at radius 3 is 2.68 bits per heavy atom. The number of nitrogens with zero attached hydrogens (tertiary/aromatic N) is 3. The van der Waals surface area contributed by atoms with Crippen LogP contribution in [0.15, 0.2) is 18.2 Å². The largest absolute Gasteiger partial charge is 0.448 e.